The molecule has 2 aliphatic heterocycles. The number of aryl methyl sites for hydroxylation is 2. The van der Waals surface area contributed by atoms with Gasteiger partial charge in [0.15, 0.2) is 0 Å². The lowest BCUT2D eigenvalue weighted by atomic mass is 10.0. The monoisotopic (exact) mass is 430 g/mol. The molecule has 2 aromatic carbocycles. The summed E-state index contributed by atoms with van der Waals surface area (Å²) in [7, 11) is 0. The molecule has 3 heterocycles. The van der Waals surface area contributed by atoms with Crippen LogP contribution >= 0.6 is 0 Å². The van der Waals surface area contributed by atoms with E-state index in [1.54, 1.807) is 18.2 Å². The van der Waals surface area contributed by atoms with Crippen molar-refractivity contribution in [2.75, 3.05) is 5.32 Å². The summed E-state index contributed by atoms with van der Waals surface area (Å²) < 4.78 is 0. The molecular formula is C24H22N4O4. The van der Waals surface area contributed by atoms with E-state index in [1.165, 1.54) is 4.90 Å². The first kappa shape index (κ1) is 20.0. The number of nitrogens with zero attached hydrogens (tertiary/aromatic N) is 1. The largest absolute Gasteiger partial charge is 0.350 e. The van der Waals surface area contributed by atoms with Crippen LogP contribution in [0.1, 0.15) is 50.4 Å². The Balaban J connectivity index is 1.36. The van der Waals surface area contributed by atoms with Crippen molar-refractivity contribution in [1.82, 2.24) is 15.2 Å². The second-order valence-electron chi connectivity index (χ2n) is 8.40. The van der Waals surface area contributed by atoms with E-state index >= 15 is 0 Å². The zero-order chi connectivity index (χ0) is 22.6. The minimum Gasteiger partial charge on any atom is -0.350 e. The number of rotatable bonds is 3. The summed E-state index contributed by atoms with van der Waals surface area (Å²) in [6, 6.07) is 10.4. The number of benzene rings is 2. The SMILES string of the molecule is Cc1ccc2[nH]c(C(=O)Nc3ccc4c(c3)CN(C3CCC(=O)NC3=O)C4=O)c(C)c2c1. The lowest BCUT2D eigenvalue weighted by molar-refractivity contribution is -0.136. The number of anilines is 1. The summed E-state index contributed by atoms with van der Waals surface area (Å²) in [4.78, 5) is 54.0. The Bertz CT molecular complexity index is 1320. The van der Waals surface area contributed by atoms with Crippen LogP contribution in [-0.2, 0) is 16.1 Å². The van der Waals surface area contributed by atoms with Crippen molar-refractivity contribution in [3.05, 3.63) is 64.3 Å². The van der Waals surface area contributed by atoms with Crippen LogP contribution in [0.15, 0.2) is 36.4 Å². The molecule has 5 rings (SSSR count). The number of aromatic amines is 1. The van der Waals surface area contributed by atoms with Crippen molar-refractivity contribution in [3.63, 3.8) is 0 Å². The summed E-state index contributed by atoms with van der Waals surface area (Å²) in [5.41, 5.74) is 5.20. The average molecular weight is 430 g/mol. The average Bonchev–Trinajstić information content (AvgIpc) is 3.25. The van der Waals surface area contributed by atoms with E-state index in [1.807, 2.05) is 32.0 Å². The van der Waals surface area contributed by atoms with Gasteiger partial charge in [-0.15, -0.1) is 0 Å². The number of carbonyl (C=O) groups is 4. The van der Waals surface area contributed by atoms with Crippen LogP contribution in [0.3, 0.4) is 0 Å². The van der Waals surface area contributed by atoms with Crippen molar-refractivity contribution in [1.29, 1.82) is 0 Å². The number of hydrogen-bond donors (Lipinski definition) is 3. The van der Waals surface area contributed by atoms with E-state index in [0.29, 0.717) is 23.4 Å². The molecule has 3 aromatic rings. The summed E-state index contributed by atoms with van der Waals surface area (Å²) in [6.07, 6.45) is 0.522. The first-order valence-corrected chi connectivity index (χ1v) is 10.5. The van der Waals surface area contributed by atoms with Crippen molar-refractivity contribution < 1.29 is 19.2 Å². The zero-order valence-electron chi connectivity index (χ0n) is 17.7. The lowest BCUT2D eigenvalue weighted by Gasteiger charge is -2.29. The molecule has 2 aliphatic rings. The van der Waals surface area contributed by atoms with Gasteiger partial charge < -0.3 is 15.2 Å². The third-order valence-electron chi connectivity index (χ3n) is 6.22. The summed E-state index contributed by atoms with van der Waals surface area (Å²) in [5, 5.41) is 6.21. The van der Waals surface area contributed by atoms with E-state index in [9.17, 15) is 19.2 Å². The molecular weight excluding hydrogens is 408 g/mol. The fourth-order valence-corrected chi connectivity index (χ4v) is 4.51. The van der Waals surface area contributed by atoms with Crippen LogP contribution in [0, 0.1) is 13.8 Å². The Kier molecular flexibility index (Phi) is 4.58. The van der Waals surface area contributed by atoms with E-state index in [4.69, 9.17) is 0 Å². The van der Waals surface area contributed by atoms with Crippen LogP contribution in [0.5, 0.6) is 0 Å². The number of nitrogens with one attached hydrogen (secondary N) is 3. The highest BCUT2D eigenvalue weighted by Crippen LogP contribution is 2.30. The van der Waals surface area contributed by atoms with E-state index in [2.05, 4.69) is 15.6 Å². The molecule has 3 N–H and O–H groups in total. The number of imide groups is 1. The standard InChI is InChI=1S/C24H22N4O4/c1-12-3-6-18-17(9-12)13(2)21(26-18)23(31)25-15-4-5-16-14(10-15)11-28(24(16)32)19-7-8-20(29)27-22(19)30/h3-6,9-10,19,26H,7-8,11H2,1-2H3,(H,25,31)(H,27,29,30). The third-order valence-corrected chi connectivity index (χ3v) is 6.22. The Morgan fingerprint density at radius 2 is 1.91 bits per heavy atom. The maximum atomic E-state index is 12.9. The van der Waals surface area contributed by atoms with Crippen LogP contribution in [0.4, 0.5) is 5.69 Å². The molecule has 0 saturated carbocycles. The van der Waals surface area contributed by atoms with Crippen molar-refractivity contribution in [3.8, 4) is 0 Å². The summed E-state index contributed by atoms with van der Waals surface area (Å²) in [5.74, 6) is -1.26. The van der Waals surface area contributed by atoms with Crippen LogP contribution in [0.2, 0.25) is 0 Å². The second-order valence-corrected chi connectivity index (χ2v) is 8.40. The molecule has 1 unspecified atom stereocenters. The molecule has 0 aliphatic carbocycles. The number of aromatic nitrogens is 1. The highest BCUT2D eigenvalue weighted by molar-refractivity contribution is 6.09. The number of hydrogen-bond acceptors (Lipinski definition) is 4. The van der Waals surface area contributed by atoms with Gasteiger partial charge in [0.2, 0.25) is 11.8 Å². The summed E-state index contributed by atoms with van der Waals surface area (Å²) in [6.45, 7) is 4.18. The number of piperidine rings is 1. The zero-order valence-corrected chi connectivity index (χ0v) is 17.7. The molecule has 8 nitrogen and oxygen atoms in total. The molecule has 4 amide bonds. The van der Waals surface area contributed by atoms with Gasteiger partial charge in [0.25, 0.3) is 11.8 Å². The molecule has 0 radical (unpaired) electrons. The maximum absolute atomic E-state index is 12.9. The van der Waals surface area contributed by atoms with Crippen LogP contribution in [0.25, 0.3) is 10.9 Å². The minimum atomic E-state index is -0.664. The van der Waals surface area contributed by atoms with Gasteiger partial charge in [-0.1, -0.05) is 11.6 Å². The smallest absolute Gasteiger partial charge is 0.272 e. The Labute approximate surface area is 184 Å². The van der Waals surface area contributed by atoms with Gasteiger partial charge in [0.05, 0.1) is 0 Å². The van der Waals surface area contributed by atoms with E-state index < -0.39 is 11.9 Å². The van der Waals surface area contributed by atoms with Crippen molar-refractivity contribution in [2.45, 2.75) is 39.3 Å². The first-order valence-electron chi connectivity index (χ1n) is 10.5. The van der Waals surface area contributed by atoms with E-state index in [0.717, 1.165) is 27.6 Å². The van der Waals surface area contributed by atoms with Gasteiger partial charge in [-0.25, -0.2) is 0 Å². The van der Waals surface area contributed by atoms with Crippen LogP contribution < -0.4 is 10.6 Å². The molecule has 1 atom stereocenters. The molecule has 8 heteroatoms. The topological polar surface area (TPSA) is 111 Å². The Hall–Kier alpha value is -3.94. The number of carbonyl (C=O) groups excluding carboxylic acids is 4. The van der Waals surface area contributed by atoms with Crippen LogP contribution in [-0.4, -0.2) is 39.6 Å². The molecule has 162 valence electrons. The lowest BCUT2D eigenvalue weighted by Crippen LogP contribution is -2.52. The number of fused-ring (bicyclic) bond motifs is 2. The molecule has 0 bridgehead atoms. The van der Waals surface area contributed by atoms with Crippen molar-refractivity contribution >= 4 is 40.2 Å². The fraction of sp³-hybridized carbons (Fsp3) is 0.250. The number of H-pyrrole nitrogens is 1. The molecule has 1 fully saturated rings. The van der Waals surface area contributed by atoms with Gasteiger partial charge in [-0.05, 0) is 61.7 Å². The number of amides is 4. The highest BCUT2D eigenvalue weighted by atomic mass is 16.2. The second kappa shape index (κ2) is 7.33. The molecule has 0 spiro atoms. The highest BCUT2D eigenvalue weighted by Gasteiger charge is 2.39. The van der Waals surface area contributed by atoms with Gasteiger partial charge in [0.1, 0.15) is 11.7 Å². The molecule has 32 heavy (non-hydrogen) atoms. The van der Waals surface area contributed by atoms with Gasteiger partial charge in [-0.3, -0.25) is 24.5 Å². The third kappa shape index (κ3) is 3.24. The predicted molar refractivity (Wildman–Crippen MR) is 118 cm³/mol. The maximum Gasteiger partial charge on any atom is 0.272 e. The quantitative estimate of drug-likeness (QED) is 0.555. The van der Waals surface area contributed by atoms with Gasteiger partial charge >= 0.3 is 0 Å². The minimum absolute atomic E-state index is 0.210. The first-order chi connectivity index (χ1) is 15.3. The van der Waals surface area contributed by atoms with Crippen molar-refractivity contribution in [2.24, 2.45) is 0 Å². The Morgan fingerprint density at radius 3 is 2.69 bits per heavy atom. The fourth-order valence-electron chi connectivity index (χ4n) is 4.51. The summed E-state index contributed by atoms with van der Waals surface area (Å²) >= 11 is 0. The molecule has 1 saturated heterocycles. The molecule has 1 aromatic heterocycles. The normalized spacial score (nSPS) is 18.1. The predicted octanol–water partition coefficient (Wildman–Crippen LogP) is 2.80. The van der Waals surface area contributed by atoms with E-state index in [-0.39, 0.29) is 30.7 Å². The van der Waals surface area contributed by atoms with Gasteiger partial charge in [-0.2, -0.15) is 0 Å². The Morgan fingerprint density at radius 1 is 1.09 bits per heavy atom. The van der Waals surface area contributed by atoms with Gasteiger partial charge in [0, 0.05) is 35.1 Å².